The molecule has 2 nitrogen and oxygen atoms in total. The largest absolute Gasteiger partial charge is 0.310 e. The minimum Gasteiger partial charge on any atom is -0.310 e. The second kappa shape index (κ2) is 5.68. The molecule has 18 heavy (non-hydrogen) atoms. The predicted octanol–water partition coefficient (Wildman–Crippen LogP) is 3.16. The predicted molar refractivity (Wildman–Crippen MR) is 76.1 cm³/mol. The second-order valence-electron chi connectivity index (χ2n) is 5.61. The Kier molecular flexibility index (Phi) is 4.41. The number of halogens is 2. The van der Waals surface area contributed by atoms with Crippen molar-refractivity contribution >= 4 is 15.9 Å². The summed E-state index contributed by atoms with van der Waals surface area (Å²) in [6.45, 7) is 8.48. The molecule has 0 aromatic heterocycles. The molecule has 1 fully saturated rings. The van der Waals surface area contributed by atoms with Gasteiger partial charge in [0.1, 0.15) is 5.82 Å². The molecule has 0 radical (unpaired) electrons. The highest BCUT2D eigenvalue weighted by Gasteiger charge is 2.24. The molecule has 0 aliphatic carbocycles. The zero-order valence-corrected chi connectivity index (χ0v) is 12.6. The number of nitrogens with one attached hydrogen (secondary N) is 1. The van der Waals surface area contributed by atoms with E-state index in [0.29, 0.717) is 0 Å². The summed E-state index contributed by atoms with van der Waals surface area (Å²) in [6.07, 6.45) is 1.16. The van der Waals surface area contributed by atoms with Crippen LogP contribution in [0.4, 0.5) is 4.39 Å². The van der Waals surface area contributed by atoms with Gasteiger partial charge >= 0.3 is 0 Å². The fraction of sp³-hybridized carbons (Fsp3) is 0.571. The van der Waals surface area contributed by atoms with Crippen LogP contribution in [-0.4, -0.2) is 30.1 Å². The van der Waals surface area contributed by atoms with Crippen LogP contribution < -0.4 is 5.32 Å². The van der Waals surface area contributed by atoms with E-state index >= 15 is 0 Å². The maximum atomic E-state index is 13.1. The van der Waals surface area contributed by atoms with Crippen LogP contribution in [-0.2, 0) is 6.54 Å². The Morgan fingerprint density at radius 3 is 2.94 bits per heavy atom. The summed E-state index contributed by atoms with van der Waals surface area (Å²) in [7, 11) is 0. The van der Waals surface area contributed by atoms with Crippen molar-refractivity contribution in [1.29, 1.82) is 0 Å². The third kappa shape index (κ3) is 3.77. The van der Waals surface area contributed by atoms with E-state index in [0.717, 1.165) is 42.6 Å². The van der Waals surface area contributed by atoms with E-state index in [2.05, 4.69) is 40.0 Å². The van der Waals surface area contributed by atoms with Gasteiger partial charge in [-0.15, -0.1) is 0 Å². The van der Waals surface area contributed by atoms with Crippen LogP contribution in [0.25, 0.3) is 0 Å². The summed E-state index contributed by atoms with van der Waals surface area (Å²) < 4.78 is 13.9. The summed E-state index contributed by atoms with van der Waals surface area (Å²) in [5.41, 5.74) is 1.29. The maximum Gasteiger partial charge on any atom is 0.124 e. The SMILES string of the molecule is CC1(C)CN(Cc2ccc(F)cc2Br)CCCN1. The Labute approximate surface area is 117 Å². The summed E-state index contributed by atoms with van der Waals surface area (Å²) in [5, 5.41) is 3.55. The third-order valence-corrected chi connectivity index (χ3v) is 4.02. The smallest absolute Gasteiger partial charge is 0.124 e. The van der Waals surface area contributed by atoms with Crippen LogP contribution in [0.5, 0.6) is 0 Å². The van der Waals surface area contributed by atoms with E-state index in [9.17, 15) is 4.39 Å². The lowest BCUT2D eigenvalue weighted by Gasteiger charge is -2.30. The molecule has 0 atom stereocenters. The Balaban J connectivity index is 2.07. The number of nitrogens with zero attached hydrogens (tertiary/aromatic N) is 1. The molecule has 1 saturated heterocycles. The average Bonchev–Trinajstić information content (AvgIpc) is 2.43. The van der Waals surface area contributed by atoms with E-state index in [1.165, 1.54) is 12.1 Å². The maximum absolute atomic E-state index is 13.1. The number of hydrogen-bond donors (Lipinski definition) is 1. The van der Waals surface area contributed by atoms with E-state index in [-0.39, 0.29) is 11.4 Å². The first kappa shape index (κ1) is 14.0. The third-order valence-electron chi connectivity index (χ3n) is 3.28. The number of benzene rings is 1. The van der Waals surface area contributed by atoms with Crippen LogP contribution >= 0.6 is 15.9 Å². The minimum atomic E-state index is -0.191. The molecule has 1 aliphatic rings. The molecule has 0 spiro atoms. The van der Waals surface area contributed by atoms with Crippen molar-refractivity contribution in [1.82, 2.24) is 10.2 Å². The topological polar surface area (TPSA) is 15.3 Å². The van der Waals surface area contributed by atoms with Gasteiger partial charge in [-0.3, -0.25) is 4.90 Å². The molecule has 100 valence electrons. The van der Waals surface area contributed by atoms with Gasteiger partial charge in [0, 0.05) is 23.1 Å². The molecule has 1 aromatic rings. The summed E-state index contributed by atoms with van der Waals surface area (Å²) in [4.78, 5) is 2.43. The molecule has 0 saturated carbocycles. The highest BCUT2D eigenvalue weighted by atomic mass is 79.9. The van der Waals surface area contributed by atoms with Gasteiger partial charge in [0.15, 0.2) is 0 Å². The fourth-order valence-corrected chi connectivity index (χ4v) is 2.93. The standard InChI is InChI=1S/C14H20BrFN2/c1-14(2)10-18(7-3-6-17-14)9-11-4-5-12(16)8-13(11)15/h4-5,8,17H,3,6-7,9-10H2,1-2H3. The van der Waals surface area contributed by atoms with Gasteiger partial charge in [0.05, 0.1) is 0 Å². The molecule has 1 aromatic carbocycles. The highest BCUT2D eigenvalue weighted by molar-refractivity contribution is 9.10. The van der Waals surface area contributed by atoms with Crippen LogP contribution in [0, 0.1) is 5.82 Å². The summed E-state index contributed by atoms with van der Waals surface area (Å²) in [6, 6.07) is 4.93. The monoisotopic (exact) mass is 314 g/mol. The van der Waals surface area contributed by atoms with Crippen molar-refractivity contribution in [2.24, 2.45) is 0 Å². The van der Waals surface area contributed by atoms with Crippen LogP contribution in [0.15, 0.2) is 22.7 Å². The Morgan fingerprint density at radius 2 is 2.22 bits per heavy atom. The second-order valence-corrected chi connectivity index (χ2v) is 6.46. The van der Waals surface area contributed by atoms with Gasteiger partial charge in [0.25, 0.3) is 0 Å². The van der Waals surface area contributed by atoms with Crippen molar-refractivity contribution in [2.75, 3.05) is 19.6 Å². The lowest BCUT2D eigenvalue weighted by atomic mass is 10.1. The normalized spacial score (nSPS) is 20.7. The van der Waals surface area contributed by atoms with Crippen LogP contribution in [0.2, 0.25) is 0 Å². The van der Waals surface area contributed by atoms with Gasteiger partial charge in [0.2, 0.25) is 0 Å². The van der Waals surface area contributed by atoms with Gasteiger partial charge in [-0.2, -0.15) is 0 Å². The molecule has 0 unspecified atom stereocenters. The zero-order valence-electron chi connectivity index (χ0n) is 11.0. The Hall–Kier alpha value is -0.450. The molecule has 1 N–H and O–H groups in total. The van der Waals surface area contributed by atoms with Crippen molar-refractivity contribution in [3.63, 3.8) is 0 Å². The fourth-order valence-electron chi connectivity index (χ4n) is 2.45. The molecular weight excluding hydrogens is 295 g/mol. The zero-order chi connectivity index (χ0) is 13.2. The molecule has 4 heteroatoms. The molecule has 0 amide bonds. The van der Waals surface area contributed by atoms with Crippen LogP contribution in [0.3, 0.4) is 0 Å². The molecule has 2 rings (SSSR count). The van der Waals surface area contributed by atoms with Crippen molar-refractivity contribution < 1.29 is 4.39 Å². The van der Waals surface area contributed by atoms with E-state index < -0.39 is 0 Å². The van der Waals surface area contributed by atoms with E-state index in [1.54, 1.807) is 0 Å². The Morgan fingerprint density at radius 1 is 1.44 bits per heavy atom. The van der Waals surface area contributed by atoms with Gasteiger partial charge in [-0.25, -0.2) is 4.39 Å². The quantitative estimate of drug-likeness (QED) is 0.902. The van der Waals surface area contributed by atoms with Gasteiger partial charge in [-0.1, -0.05) is 22.0 Å². The van der Waals surface area contributed by atoms with Gasteiger partial charge in [-0.05, 0) is 51.1 Å². The average molecular weight is 315 g/mol. The first-order valence-corrected chi connectivity index (χ1v) is 7.17. The van der Waals surface area contributed by atoms with Crippen LogP contribution in [0.1, 0.15) is 25.8 Å². The lowest BCUT2D eigenvalue weighted by molar-refractivity contribution is 0.223. The van der Waals surface area contributed by atoms with E-state index in [1.807, 2.05) is 6.07 Å². The lowest BCUT2D eigenvalue weighted by Crippen LogP contribution is -2.46. The summed E-state index contributed by atoms with van der Waals surface area (Å²) in [5.74, 6) is -0.191. The highest BCUT2D eigenvalue weighted by Crippen LogP contribution is 2.21. The van der Waals surface area contributed by atoms with Gasteiger partial charge < -0.3 is 5.32 Å². The molecule has 0 bridgehead atoms. The first-order valence-electron chi connectivity index (χ1n) is 6.38. The van der Waals surface area contributed by atoms with Crippen molar-refractivity contribution in [3.8, 4) is 0 Å². The minimum absolute atomic E-state index is 0.142. The number of rotatable bonds is 2. The first-order chi connectivity index (χ1) is 8.46. The molecule has 1 heterocycles. The molecule has 1 aliphatic heterocycles. The molecular formula is C14H20BrFN2. The summed E-state index contributed by atoms with van der Waals surface area (Å²) >= 11 is 3.44. The van der Waals surface area contributed by atoms with Crippen molar-refractivity contribution in [3.05, 3.63) is 34.1 Å². The van der Waals surface area contributed by atoms with Crippen molar-refractivity contribution in [2.45, 2.75) is 32.4 Å². The number of hydrogen-bond acceptors (Lipinski definition) is 2. The Bertz CT molecular complexity index is 420. The van der Waals surface area contributed by atoms with E-state index in [4.69, 9.17) is 0 Å².